The highest BCUT2D eigenvalue weighted by atomic mass is 35.5. The first-order valence-electron chi connectivity index (χ1n) is 6.67. The summed E-state index contributed by atoms with van der Waals surface area (Å²) in [5, 5.41) is 6.41. The van der Waals surface area contributed by atoms with Gasteiger partial charge in [-0.25, -0.2) is 9.07 Å². The predicted octanol–water partition coefficient (Wildman–Crippen LogP) is 4.93. The standard InChI is InChI=1S/C16H11Cl2FN2OS/c1-8-13(10-4-3-9(19)7-12(10)17)14(20-21(2)16(8)22)11-5-6-23-15(11)18/h3-7H,1-2H3. The molecule has 3 rings (SSSR count). The summed E-state index contributed by atoms with van der Waals surface area (Å²) in [5.41, 5.74) is 2.62. The van der Waals surface area contributed by atoms with Crippen molar-refractivity contribution in [2.75, 3.05) is 0 Å². The molecular formula is C16H11Cl2FN2OS. The van der Waals surface area contributed by atoms with Crippen molar-refractivity contribution in [1.29, 1.82) is 0 Å². The maximum atomic E-state index is 13.4. The van der Waals surface area contributed by atoms with Gasteiger partial charge in [0.25, 0.3) is 5.56 Å². The Bertz CT molecular complexity index is 965. The third-order valence-corrected chi connectivity index (χ3v) is 5.03. The second kappa shape index (κ2) is 6.07. The van der Waals surface area contributed by atoms with Crippen molar-refractivity contribution < 1.29 is 4.39 Å². The van der Waals surface area contributed by atoms with Gasteiger partial charge in [0.05, 0.1) is 5.02 Å². The summed E-state index contributed by atoms with van der Waals surface area (Å²) in [7, 11) is 1.58. The van der Waals surface area contributed by atoms with Crippen LogP contribution in [0.25, 0.3) is 22.4 Å². The van der Waals surface area contributed by atoms with E-state index >= 15 is 0 Å². The molecular weight excluding hydrogens is 358 g/mol. The molecule has 7 heteroatoms. The van der Waals surface area contributed by atoms with Crippen molar-refractivity contribution in [3.8, 4) is 22.4 Å². The zero-order chi connectivity index (χ0) is 16.7. The number of aryl methyl sites for hydroxylation is 1. The van der Waals surface area contributed by atoms with Crippen LogP contribution in [0.3, 0.4) is 0 Å². The molecule has 0 radical (unpaired) electrons. The van der Waals surface area contributed by atoms with E-state index < -0.39 is 5.82 Å². The fourth-order valence-corrected chi connectivity index (χ4v) is 3.63. The van der Waals surface area contributed by atoms with Crippen LogP contribution in [0.5, 0.6) is 0 Å². The Labute approximate surface area is 145 Å². The van der Waals surface area contributed by atoms with E-state index in [2.05, 4.69) is 5.10 Å². The van der Waals surface area contributed by atoms with Gasteiger partial charge in [0.1, 0.15) is 15.8 Å². The summed E-state index contributed by atoms with van der Waals surface area (Å²) >= 11 is 13.8. The number of nitrogens with zero attached hydrogens (tertiary/aromatic N) is 2. The summed E-state index contributed by atoms with van der Waals surface area (Å²) in [4.78, 5) is 12.3. The highest BCUT2D eigenvalue weighted by Gasteiger charge is 2.20. The van der Waals surface area contributed by atoms with Crippen LogP contribution in [0.4, 0.5) is 4.39 Å². The maximum Gasteiger partial charge on any atom is 0.270 e. The third-order valence-electron chi connectivity index (χ3n) is 3.55. The molecule has 0 amide bonds. The Hall–Kier alpha value is -1.69. The molecule has 3 nitrogen and oxygen atoms in total. The number of thiophene rings is 1. The first-order valence-corrected chi connectivity index (χ1v) is 8.30. The highest BCUT2D eigenvalue weighted by molar-refractivity contribution is 7.15. The topological polar surface area (TPSA) is 34.9 Å². The van der Waals surface area contributed by atoms with Crippen molar-refractivity contribution >= 4 is 34.5 Å². The first kappa shape index (κ1) is 16.2. The highest BCUT2D eigenvalue weighted by Crippen LogP contribution is 2.40. The molecule has 3 aromatic rings. The van der Waals surface area contributed by atoms with Gasteiger partial charge >= 0.3 is 0 Å². The van der Waals surface area contributed by atoms with E-state index in [0.29, 0.717) is 32.3 Å². The minimum atomic E-state index is -0.441. The lowest BCUT2D eigenvalue weighted by atomic mass is 9.97. The molecule has 2 heterocycles. The molecule has 0 aliphatic carbocycles. The van der Waals surface area contributed by atoms with Crippen LogP contribution in [0, 0.1) is 12.7 Å². The first-order chi connectivity index (χ1) is 10.9. The van der Waals surface area contributed by atoms with Gasteiger partial charge in [0.2, 0.25) is 0 Å². The molecule has 0 fully saturated rings. The van der Waals surface area contributed by atoms with Crippen LogP contribution in [-0.4, -0.2) is 9.78 Å². The van der Waals surface area contributed by atoms with Crippen LogP contribution in [0.15, 0.2) is 34.4 Å². The van der Waals surface area contributed by atoms with Crippen LogP contribution in [-0.2, 0) is 7.05 Å². The van der Waals surface area contributed by atoms with Crippen LogP contribution in [0.2, 0.25) is 9.36 Å². The number of hydrogen-bond acceptors (Lipinski definition) is 3. The Morgan fingerprint density at radius 2 is 1.96 bits per heavy atom. The van der Waals surface area contributed by atoms with Gasteiger partial charge in [0, 0.05) is 29.3 Å². The van der Waals surface area contributed by atoms with Gasteiger partial charge in [0.15, 0.2) is 0 Å². The lowest BCUT2D eigenvalue weighted by molar-refractivity contribution is 0.628. The average Bonchev–Trinajstić information content (AvgIpc) is 2.92. The van der Waals surface area contributed by atoms with Gasteiger partial charge in [-0.1, -0.05) is 23.2 Å². The van der Waals surface area contributed by atoms with Crippen LogP contribution < -0.4 is 5.56 Å². The predicted molar refractivity (Wildman–Crippen MR) is 92.9 cm³/mol. The van der Waals surface area contributed by atoms with E-state index in [1.54, 1.807) is 20.0 Å². The monoisotopic (exact) mass is 368 g/mol. The van der Waals surface area contributed by atoms with Crippen molar-refractivity contribution in [3.05, 3.63) is 60.7 Å². The van der Waals surface area contributed by atoms with Gasteiger partial charge < -0.3 is 0 Å². The van der Waals surface area contributed by atoms with Crippen LogP contribution in [0.1, 0.15) is 5.56 Å². The molecule has 0 atom stereocenters. The summed E-state index contributed by atoms with van der Waals surface area (Å²) in [5.74, 6) is -0.441. The van der Waals surface area contributed by atoms with E-state index in [1.165, 1.54) is 28.2 Å². The van der Waals surface area contributed by atoms with Gasteiger partial charge in [-0.05, 0) is 36.6 Å². The van der Waals surface area contributed by atoms with Crippen LogP contribution >= 0.6 is 34.5 Å². The van der Waals surface area contributed by atoms with E-state index in [9.17, 15) is 9.18 Å². The van der Waals surface area contributed by atoms with E-state index in [4.69, 9.17) is 23.2 Å². The lowest BCUT2D eigenvalue weighted by Crippen LogP contribution is -2.23. The van der Waals surface area contributed by atoms with E-state index in [-0.39, 0.29) is 10.6 Å². The largest absolute Gasteiger partial charge is 0.270 e. The molecule has 0 unspecified atom stereocenters. The van der Waals surface area contributed by atoms with Crippen molar-refractivity contribution in [2.45, 2.75) is 6.92 Å². The molecule has 0 saturated heterocycles. The van der Waals surface area contributed by atoms with E-state index in [1.807, 2.05) is 11.4 Å². The molecule has 118 valence electrons. The third kappa shape index (κ3) is 2.80. The summed E-state index contributed by atoms with van der Waals surface area (Å²) in [6.45, 7) is 1.70. The molecule has 0 spiro atoms. The maximum absolute atomic E-state index is 13.4. The Morgan fingerprint density at radius 1 is 1.22 bits per heavy atom. The molecule has 0 N–H and O–H groups in total. The normalized spacial score (nSPS) is 11.0. The Morgan fingerprint density at radius 3 is 2.57 bits per heavy atom. The quantitative estimate of drug-likeness (QED) is 0.642. The molecule has 0 bridgehead atoms. The van der Waals surface area contributed by atoms with Crippen molar-refractivity contribution in [1.82, 2.24) is 9.78 Å². The Kier molecular flexibility index (Phi) is 4.27. The van der Waals surface area contributed by atoms with Gasteiger partial charge in [-0.3, -0.25) is 4.79 Å². The summed E-state index contributed by atoms with van der Waals surface area (Å²) in [6, 6.07) is 5.90. The van der Waals surface area contributed by atoms with Crippen molar-refractivity contribution in [2.24, 2.45) is 7.05 Å². The summed E-state index contributed by atoms with van der Waals surface area (Å²) in [6.07, 6.45) is 0. The zero-order valence-corrected chi connectivity index (χ0v) is 14.6. The number of aromatic nitrogens is 2. The second-order valence-corrected chi connectivity index (χ2v) is 6.93. The SMILES string of the molecule is Cc1c(-c2ccc(F)cc2Cl)c(-c2ccsc2Cl)nn(C)c1=O. The molecule has 2 aromatic heterocycles. The fraction of sp³-hybridized carbons (Fsp3) is 0.125. The zero-order valence-electron chi connectivity index (χ0n) is 12.2. The van der Waals surface area contributed by atoms with Crippen molar-refractivity contribution in [3.63, 3.8) is 0 Å². The molecule has 0 saturated carbocycles. The van der Waals surface area contributed by atoms with Gasteiger partial charge in [-0.2, -0.15) is 5.10 Å². The smallest absolute Gasteiger partial charge is 0.268 e. The second-order valence-electron chi connectivity index (χ2n) is 5.01. The summed E-state index contributed by atoms with van der Waals surface area (Å²) < 4.78 is 15.2. The lowest BCUT2D eigenvalue weighted by Gasteiger charge is -2.14. The Balaban J connectivity index is 2.41. The molecule has 0 aliphatic heterocycles. The number of benzene rings is 1. The number of hydrogen-bond donors (Lipinski definition) is 0. The average molecular weight is 369 g/mol. The minimum absolute atomic E-state index is 0.218. The van der Waals surface area contributed by atoms with E-state index in [0.717, 1.165) is 0 Å². The number of rotatable bonds is 2. The molecule has 23 heavy (non-hydrogen) atoms. The number of halogens is 3. The van der Waals surface area contributed by atoms with Gasteiger partial charge in [-0.15, -0.1) is 11.3 Å². The molecule has 1 aromatic carbocycles. The molecule has 0 aliphatic rings. The fourth-order valence-electron chi connectivity index (χ4n) is 2.45. The minimum Gasteiger partial charge on any atom is -0.268 e.